The third-order valence-corrected chi connectivity index (χ3v) is 4.65. The Labute approximate surface area is 125 Å². The molecule has 0 aliphatic carbocycles. The van der Waals surface area contributed by atoms with E-state index < -0.39 is 29.7 Å². The van der Waals surface area contributed by atoms with Crippen LogP contribution in [0.3, 0.4) is 0 Å². The molecular formula is C15H25NO5. The molecule has 1 saturated heterocycles. The number of hydrogen-bond acceptors (Lipinski definition) is 6. The molecule has 2 heterocycles. The highest BCUT2D eigenvalue weighted by Gasteiger charge is 2.46. The normalized spacial score (nSPS) is 30.0. The van der Waals surface area contributed by atoms with Crippen molar-refractivity contribution in [2.75, 3.05) is 19.7 Å². The van der Waals surface area contributed by atoms with E-state index in [1.807, 2.05) is 6.08 Å². The van der Waals surface area contributed by atoms with Gasteiger partial charge in [0.25, 0.3) is 0 Å². The SMILES string of the molecule is CC(C)[C@@](O)(C(=O)OCC1=CCN2CC[C@@H](O)[C@H]12)[C@@H](C)O. The van der Waals surface area contributed by atoms with E-state index in [0.717, 1.165) is 25.1 Å². The van der Waals surface area contributed by atoms with E-state index in [0.29, 0.717) is 0 Å². The smallest absolute Gasteiger partial charge is 0.341 e. The number of carbonyl (C=O) groups excluding carboxylic acids is 1. The predicted molar refractivity (Wildman–Crippen MR) is 76.5 cm³/mol. The first-order chi connectivity index (χ1) is 9.78. The molecule has 0 unspecified atom stereocenters. The summed E-state index contributed by atoms with van der Waals surface area (Å²) >= 11 is 0. The Balaban J connectivity index is 1.98. The van der Waals surface area contributed by atoms with Gasteiger partial charge in [0.1, 0.15) is 6.61 Å². The van der Waals surface area contributed by atoms with E-state index in [4.69, 9.17) is 4.74 Å². The Morgan fingerprint density at radius 3 is 2.76 bits per heavy atom. The highest BCUT2D eigenvalue weighted by Crippen LogP contribution is 2.30. The van der Waals surface area contributed by atoms with Crippen molar-refractivity contribution < 1.29 is 24.9 Å². The average Bonchev–Trinajstić information content (AvgIpc) is 2.98. The Kier molecular flexibility index (Phi) is 4.72. The van der Waals surface area contributed by atoms with Gasteiger partial charge in [-0.3, -0.25) is 4.90 Å². The first-order valence-corrected chi connectivity index (χ1v) is 7.47. The van der Waals surface area contributed by atoms with Crippen molar-refractivity contribution in [3.63, 3.8) is 0 Å². The minimum Gasteiger partial charge on any atom is -0.459 e. The van der Waals surface area contributed by atoms with Gasteiger partial charge in [-0.1, -0.05) is 19.9 Å². The highest BCUT2D eigenvalue weighted by molar-refractivity contribution is 5.80. The van der Waals surface area contributed by atoms with Gasteiger partial charge in [-0.05, 0) is 24.8 Å². The molecule has 0 aromatic heterocycles. The molecular weight excluding hydrogens is 274 g/mol. The summed E-state index contributed by atoms with van der Waals surface area (Å²) in [6, 6.07) is -0.0866. The molecule has 0 saturated carbocycles. The summed E-state index contributed by atoms with van der Waals surface area (Å²) in [6.45, 7) is 6.32. The maximum Gasteiger partial charge on any atom is 0.341 e. The van der Waals surface area contributed by atoms with Gasteiger partial charge >= 0.3 is 5.97 Å². The quantitative estimate of drug-likeness (QED) is 0.476. The lowest BCUT2D eigenvalue weighted by Crippen LogP contribution is -2.53. The molecule has 120 valence electrons. The van der Waals surface area contributed by atoms with Crippen LogP contribution in [0.2, 0.25) is 0 Å². The molecule has 21 heavy (non-hydrogen) atoms. The molecule has 0 amide bonds. The van der Waals surface area contributed by atoms with Gasteiger partial charge in [-0.2, -0.15) is 0 Å². The van der Waals surface area contributed by atoms with Crippen LogP contribution in [0.25, 0.3) is 0 Å². The number of nitrogens with zero attached hydrogens (tertiary/aromatic N) is 1. The second kappa shape index (κ2) is 6.04. The molecule has 1 fully saturated rings. The van der Waals surface area contributed by atoms with E-state index in [1.165, 1.54) is 6.92 Å². The molecule has 0 bridgehead atoms. The summed E-state index contributed by atoms with van der Waals surface area (Å²) < 4.78 is 5.22. The fourth-order valence-corrected chi connectivity index (χ4v) is 3.18. The standard InChI is InChI=1S/C15H25NO5/c1-9(2)15(20,10(3)17)14(19)21-8-11-4-6-16-7-5-12(18)13(11)16/h4,9-10,12-13,17-18,20H,5-8H2,1-3H3/t10-,12-,13+,15+/m1/s1. The van der Waals surface area contributed by atoms with Crippen LogP contribution in [-0.4, -0.2) is 69.7 Å². The van der Waals surface area contributed by atoms with Crippen LogP contribution in [0.1, 0.15) is 27.2 Å². The first kappa shape index (κ1) is 16.4. The topological polar surface area (TPSA) is 90.2 Å². The molecule has 0 aromatic carbocycles. The monoisotopic (exact) mass is 299 g/mol. The van der Waals surface area contributed by atoms with Crippen LogP contribution in [-0.2, 0) is 9.53 Å². The first-order valence-electron chi connectivity index (χ1n) is 7.47. The van der Waals surface area contributed by atoms with Gasteiger partial charge in [-0.15, -0.1) is 0 Å². The molecule has 3 N–H and O–H groups in total. The van der Waals surface area contributed by atoms with Crippen molar-refractivity contribution in [2.24, 2.45) is 5.92 Å². The Hall–Kier alpha value is -0.950. The van der Waals surface area contributed by atoms with Crippen molar-refractivity contribution in [2.45, 2.75) is 51.0 Å². The van der Waals surface area contributed by atoms with Crippen molar-refractivity contribution in [3.05, 3.63) is 11.6 Å². The number of esters is 1. The van der Waals surface area contributed by atoms with Crippen molar-refractivity contribution in [1.29, 1.82) is 0 Å². The van der Waals surface area contributed by atoms with E-state index in [-0.39, 0.29) is 12.6 Å². The van der Waals surface area contributed by atoms with Crippen molar-refractivity contribution in [3.8, 4) is 0 Å². The van der Waals surface area contributed by atoms with Gasteiger partial charge in [0.05, 0.1) is 18.2 Å². The lowest BCUT2D eigenvalue weighted by atomic mass is 9.85. The maximum absolute atomic E-state index is 12.1. The van der Waals surface area contributed by atoms with Gasteiger partial charge in [-0.25, -0.2) is 4.79 Å². The molecule has 4 atom stereocenters. The molecule has 0 aromatic rings. The zero-order valence-corrected chi connectivity index (χ0v) is 12.8. The van der Waals surface area contributed by atoms with Gasteiger partial charge in [0, 0.05) is 13.1 Å². The van der Waals surface area contributed by atoms with Crippen LogP contribution in [0.5, 0.6) is 0 Å². The zero-order valence-electron chi connectivity index (χ0n) is 12.8. The largest absolute Gasteiger partial charge is 0.459 e. The molecule has 2 aliphatic rings. The van der Waals surface area contributed by atoms with Crippen LogP contribution >= 0.6 is 0 Å². The average molecular weight is 299 g/mol. The second-order valence-corrected chi connectivity index (χ2v) is 6.31. The lowest BCUT2D eigenvalue weighted by molar-refractivity contribution is -0.183. The molecule has 0 spiro atoms. The second-order valence-electron chi connectivity index (χ2n) is 6.31. The molecule has 6 nitrogen and oxygen atoms in total. The van der Waals surface area contributed by atoms with Crippen molar-refractivity contribution >= 4 is 5.97 Å². The van der Waals surface area contributed by atoms with Gasteiger partial charge in [0.15, 0.2) is 5.60 Å². The molecule has 2 aliphatic heterocycles. The van der Waals surface area contributed by atoms with E-state index in [1.54, 1.807) is 13.8 Å². The predicted octanol–water partition coefficient (Wildman–Crippen LogP) is -0.327. The van der Waals surface area contributed by atoms with Gasteiger partial charge < -0.3 is 20.1 Å². The third-order valence-electron chi connectivity index (χ3n) is 4.65. The number of aliphatic hydroxyl groups is 3. The summed E-state index contributed by atoms with van der Waals surface area (Å²) in [5.41, 5.74) is -1.04. The Bertz CT molecular complexity index is 424. The summed E-state index contributed by atoms with van der Waals surface area (Å²) in [4.78, 5) is 14.3. The minimum absolute atomic E-state index is 0.0405. The molecule has 0 radical (unpaired) electrons. The van der Waals surface area contributed by atoms with E-state index >= 15 is 0 Å². The van der Waals surface area contributed by atoms with Gasteiger partial charge in [0.2, 0.25) is 0 Å². The summed E-state index contributed by atoms with van der Waals surface area (Å²) in [6.07, 6.45) is 1.03. The number of ether oxygens (including phenoxy) is 1. The Morgan fingerprint density at radius 1 is 1.52 bits per heavy atom. The highest BCUT2D eigenvalue weighted by atomic mass is 16.6. The summed E-state index contributed by atoms with van der Waals surface area (Å²) in [5.74, 6) is -1.28. The van der Waals surface area contributed by atoms with Crippen LogP contribution in [0.15, 0.2) is 11.6 Å². The fourth-order valence-electron chi connectivity index (χ4n) is 3.18. The minimum atomic E-state index is -1.91. The van der Waals surface area contributed by atoms with Crippen molar-refractivity contribution in [1.82, 2.24) is 4.90 Å². The van der Waals surface area contributed by atoms with Crippen LogP contribution < -0.4 is 0 Å². The summed E-state index contributed by atoms with van der Waals surface area (Å²) in [5, 5.41) is 30.0. The zero-order chi connectivity index (χ0) is 15.8. The number of aliphatic hydroxyl groups excluding tert-OH is 2. The van der Waals surface area contributed by atoms with E-state index in [2.05, 4.69) is 4.90 Å². The number of fused-ring (bicyclic) bond motifs is 1. The molecule has 6 heteroatoms. The fraction of sp³-hybridized carbons (Fsp3) is 0.800. The lowest BCUT2D eigenvalue weighted by Gasteiger charge is -2.32. The molecule has 2 rings (SSSR count). The number of rotatable bonds is 5. The van der Waals surface area contributed by atoms with Crippen LogP contribution in [0.4, 0.5) is 0 Å². The Morgan fingerprint density at radius 2 is 2.19 bits per heavy atom. The maximum atomic E-state index is 12.1. The number of carbonyl (C=O) groups is 1. The summed E-state index contributed by atoms with van der Waals surface area (Å²) in [7, 11) is 0. The van der Waals surface area contributed by atoms with E-state index in [9.17, 15) is 20.1 Å². The van der Waals surface area contributed by atoms with Crippen LogP contribution in [0, 0.1) is 5.92 Å². The third kappa shape index (κ3) is 2.85. The number of hydrogen-bond donors (Lipinski definition) is 3.